The van der Waals surface area contributed by atoms with Crippen molar-refractivity contribution in [2.45, 2.75) is 10.6 Å². The third-order valence-corrected chi connectivity index (χ3v) is 4.86. The van der Waals surface area contributed by atoms with E-state index >= 15 is 0 Å². The van der Waals surface area contributed by atoms with Gasteiger partial charge < -0.3 is 10.8 Å². The molecule has 3 nitrogen and oxygen atoms in total. The fourth-order valence-electron chi connectivity index (χ4n) is 1.43. The van der Waals surface area contributed by atoms with Gasteiger partial charge in [-0.3, -0.25) is 0 Å². The number of benzene rings is 1. The molecule has 0 atom stereocenters. The van der Waals surface area contributed by atoms with E-state index in [0.29, 0.717) is 16.3 Å². The lowest BCUT2D eigenvalue weighted by atomic mass is 10.3. The fourth-order valence-corrected chi connectivity index (χ4v) is 3.79. The monoisotopic (exact) mass is 343 g/mol. The van der Waals surface area contributed by atoms with Crippen molar-refractivity contribution in [1.82, 2.24) is 0 Å². The minimum atomic E-state index is -0.872. The summed E-state index contributed by atoms with van der Waals surface area (Å²) in [7, 11) is 0. The number of halogens is 1. The SMILES string of the molecule is Nc1ccc(Br)cc1SCc1ccsc1C(=O)O. The number of thioether (sulfide) groups is 1. The summed E-state index contributed by atoms with van der Waals surface area (Å²) >= 11 is 6.18. The number of anilines is 1. The number of nitrogen functional groups attached to an aromatic ring is 1. The molecule has 6 heteroatoms. The van der Waals surface area contributed by atoms with E-state index in [0.717, 1.165) is 14.9 Å². The zero-order chi connectivity index (χ0) is 13.1. The lowest BCUT2D eigenvalue weighted by Gasteiger charge is -2.05. The molecular formula is C12H10BrNO2S2. The van der Waals surface area contributed by atoms with Gasteiger partial charge in [0.25, 0.3) is 0 Å². The quantitative estimate of drug-likeness (QED) is 0.648. The highest BCUT2D eigenvalue weighted by atomic mass is 79.9. The van der Waals surface area contributed by atoms with Crippen LogP contribution in [-0.2, 0) is 5.75 Å². The van der Waals surface area contributed by atoms with Gasteiger partial charge in [0.1, 0.15) is 4.88 Å². The molecule has 2 rings (SSSR count). The second-order valence-corrected chi connectivity index (χ2v) is 6.40. The summed E-state index contributed by atoms with van der Waals surface area (Å²) in [5.41, 5.74) is 7.41. The molecule has 0 radical (unpaired) electrons. The van der Waals surface area contributed by atoms with Gasteiger partial charge in [-0.25, -0.2) is 4.79 Å². The van der Waals surface area contributed by atoms with E-state index in [1.54, 1.807) is 5.38 Å². The lowest BCUT2D eigenvalue weighted by molar-refractivity contribution is 0.0701. The molecule has 0 saturated heterocycles. The first-order chi connectivity index (χ1) is 8.58. The summed E-state index contributed by atoms with van der Waals surface area (Å²) in [6.07, 6.45) is 0. The Kier molecular flexibility index (Phi) is 4.31. The highest BCUT2D eigenvalue weighted by Crippen LogP contribution is 2.32. The summed E-state index contributed by atoms with van der Waals surface area (Å²) < 4.78 is 0.961. The van der Waals surface area contributed by atoms with Crippen LogP contribution in [0.4, 0.5) is 5.69 Å². The minimum Gasteiger partial charge on any atom is -0.477 e. The van der Waals surface area contributed by atoms with Crippen molar-refractivity contribution in [3.05, 3.63) is 44.6 Å². The van der Waals surface area contributed by atoms with E-state index in [9.17, 15) is 4.79 Å². The topological polar surface area (TPSA) is 63.3 Å². The number of aromatic carboxylic acids is 1. The van der Waals surface area contributed by atoms with Gasteiger partial charge in [-0.15, -0.1) is 23.1 Å². The van der Waals surface area contributed by atoms with Gasteiger partial charge in [0, 0.05) is 20.8 Å². The van der Waals surface area contributed by atoms with E-state index in [-0.39, 0.29) is 0 Å². The minimum absolute atomic E-state index is 0.399. The molecule has 0 bridgehead atoms. The Labute approximate surface area is 121 Å². The zero-order valence-corrected chi connectivity index (χ0v) is 12.4. The maximum atomic E-state index is 11.0. The zero-order valence-electron chi connectivity index (χ0n) is 9.22. The number of hydrogen-bond donors (Lipinski definition) is 2. The summed E-state index contributed by atoms with van der Waals surface area (Å²) in [5, 5.41) is 10.8. The molecule has 0 amide bonds. The summed E-state index contributed by atoms with van der Waals surface area (Å²) in [5.74, 6) is -0.269. The molecule has 94 valence electrons. The van der Waals surface area contributed by atoms with Gasteiger partial charge in [-0.1, -0.05) is 15.9 Å². The van der Waals surface area contributed by atoms with Crippen LogP contribution in [0.1, 0.15) is 15.2 Å². The number of rotatable bonds is 4. The van der Waals surface area contributed by atoms with E-state index < -0.39 is 5.97 Å². The first-order valence-corrected chi connectivity index (χ1v) is 7.71. The maximum Gasteiger partial charge on any atom is 0.346 e. The van der Waals surface area contributed by atoms with Crippen molar-refractivity contribution in [1.29, 1.82) is 0 Å². The molecule has 0 aliphatic rings. The predicted octanol–water partition coefficient (Wildman–Crippen LogP) is 4.08. The summed E-state index contributed by atoms with van der Waals surface area (Å²) in [4.78, 5) is 12.3. The lowest BCUT2D eigenvalue weighted by Crippen LogP contribution is -1.96. The molecule has 0 spiro atoms. The Bertz CT molecular complexity index is 583. The van der Waals surface area contributed by atoms with Crippen LogP contribution in [0.3, 0.4) is 0 Å². The molecule has 0 fully saturated rings. The Morgan fingerprint density at radius 3 is 2.94 bits per heavy atom. The fraction of sp³-hybridized carbons (Fsp3) is 0.0833. The molecule has 2 aromatic rings. The van der Waals surface area contributed by atoms with Gasteiger partial charge in [-0.05, 0) is 35.2 Å². The summed E-state index contributed by atoms with van der Waals surface area (Å²) in [6.45, 7) is 0. The van der Waals surface area contributed by atoms with Crippen LogP contribution < -0.4 is 5.73 Å². The predicted molar refractivity (Wildman–Crippen MR) is 79.4 cm³/mol. The van der Waals surface area contributed by atoms with Crippen LogP contribution in [0.25, 0.3) is 0 Å². The average Bonchev–Trinajstić information content (AvgIpc) is 2.79. The molecule has 0 unspecified atom stereocenters. The second-order valence-electron chi connectivity index (χ2n) is 3.55. The highest BCUT2D eigenvalue weighted by molar-refractivity contribution is 9.10. The molecule has 0 aliphatic heterocycles. The van der Waals surface area contributed by atoms with Crippen LogP contribution in [0, 0.1) is 0 Å². The van der Waals surface area contributed by atoms with Gasteiger partial charge in [0.15, 0.2) is 0 Å². The first kappa shape index (κ1) is 13.5. The number of carboxylic acid groups (broad SMARTS) is 1. The molecule has 1 heterocycles. The average molecular weight is 344 g/mol. The van der Waals surface area contributed by atoms with Crippen LogP contribution >= 0.6 is 39.0 Å². The number of carboxylic acids is 1. The van der Waals surface area contributed by atoms with Crippen molar-refractivity contribution in [3.63, 3.8) is 0 Å². The number of carbonyl (C=O) groups is 1. The Balaban J connectivity index is 2.14. The van der Waals surface area contributed by atoms with Crippen molar-refractivity contribution >= 4 is 50.7 Å². The normalized spacial score (nSPS) is 10.5. The number of nitrogens with two attached hydrogens (primary N) is 1. The smallest absolute Gasteiger partial charge is 0.346 e. The van der Waals surface area contributed by atoms with Crippen LogP contribution in [0.15, 0.2) is 39.0 Å². The molecule has 18 heavy (non-hydrogen) atoms. The van der Waals surface area contributed by atoms with Gasteiger partial charge in [-0.2, -0.15) is 0 Å². The first-order valence-electron chi connectivity index (χ1n) is 5.05. The number of thiophene rings is 1. The van der Waals surface area contributed by atoms with Crippen LogP contribution in [0.5, 0.6) is 0 Å². The highest BCUT2D eigenvalue weighted by Gasteiger charge is 2.12. The van der Waals surface area contributed by atoms with Crippen molar-refractivity contribution in [2.75, 3.05) is 5.73 Å². The van der Waals surface area contributed by atoms with E-state index in [4.69, 9.17) is 10.8 Å². The van der Waals surface area contributed by atoms with Gasteiger partial charge in [0.2, 0.25) is 0 Å². The number of hydrogen-bond acceptors (Lipinski definition) is 4. The van der Waals surface area contributed by atoms with Crippen molar-refractivity contribution in [3.8, 4) is 0 Å². The van der Waals surface area contributed by atoms with Crippen molar-refractivity contribution in [2.24, 2.45) is 0 Å². The Morgan fingerprint density at radius 2 is 2.22 bits per heavy atom. The molecule has 0 saturated carbocycles. The Morgan fingerprint density at radius 1 is 1.44 bits per heavy atom. The standard InChI is InChI=1S/C12H10BrNO2S2/c13-8-1-2-9(14)10(5-8)18-6-7-3-4-17-11(7)12(15)16/h1-5H,6,14H2,(H,15,16). The van der Waals surface area contributed by atoms with Gasteiger partial charge in [0.05, 0.1) is 0 Å². The summed E-state index contributed by atoms with van der Waals surface area (Å²) in [6, 6.07) is 7.49. The third kappa shape index (κ3) is 3.07. The maximum absolute atomic E-state index is 11.0. The molecular weight excluding hydrogens is 334 g/mol. The van der Waals surface area contributed by atoms with Crippen LogP contribution in [-0.4, -0.2) is 11.1 Å². The van der Waals surface area contributed by atoms with Crippen LogP contribution in [0.2, 0.25) is 0 Å². The molecule has 1 aromatic heterocycles. The molecule has 0 aliphatic carbocycles. The Hall–Kier alpha value is -0.980. The molecule has 3 N–H and O–H groups in total. The van der Waals surface area contributed by atoms with Gasteiger partial charge >= 0.3 is 5.97 Å². The largest absolute Gasteiger partial charge is 0.477 e. The second kappa shape index (κ2) is 5.77. The van der Waals surface area contributed by atoms with E-state index in [2.05, 4.69) is 15.9 Å². The van der Waals surface area contributed by atoms with E-state index in [1.165, 1.54) is 23.1 Å². The van der Waals surface area contributed by atoms with E-state index in [1.807, 2.05) is 24.3 Å². The van der Waals surface area contributed by atoms with Crippen molar-refractivity contribution < 1.29 is 9.90 Å². The molecule has 1 aromatic carbocycles. The third-order valence-electron chi connectivity index (χ3n) is 2.30.